The normalized spacial score (nSPS) is 25.5. The Labute approximate surface area is 107 Å². The van der Waals surface area contributed by atoms with Gasteiger partial charge in [0.2, 0.25) is 0 Å². The maximum atomic E-state index is 9.75. The summed E-state index contributed by atoms with van der Waals surface area (Å²) < 4.78 is 0. The minimum atomic E-state index is -0.255. The van der Waals surface area contributed by atoms with Gasteiger partial charge in [-0.2, -0.15) is 5.26 Å². The van der Waals surface area contributed by atoms with E-state index < -0.39 is 0 Å². The first-order chi connectivity index (χ1) is 7.70. The lowest BCUT2D eigenvalue weighted by Gasteiger charge is -2.52. The number of hydrogen-bond donors (Lipinski definition) is 0. The fraction of sp³-hybridized carbons (Fsp3) is 0.933. The van der Waals surface area contributed by atoms with E-state index in [0.29, 0.717) is 0 Å². The van der Waals surface area contributed by atoms with Gasteiger partial charge in [0.15, 0.2) is 0 Å². The molecule has 0 N–H and O–H groups in total. The summed E-state index contributed by atoms with van der Waals surface area (Å²) in [5.41, 5.74) is 0.273. The minimum Gasteiger partial charge on any atom is -0.286 e. The summed E-state index contributed by atoms with van der Waals surface area (Å²) in [6.45, 7) is 15.5. The van der Waals surface area contributed by atoms with Gasteiger partial charge in [-0.05, 0) is 43.2 Å². The molecule has 1 aliphatic rings. The quantitative estimate of drug-likeness (QED) is 0.744. The van der Waals surface area contributed by atoms with E-state index in [0.717, 1.165) is 25.9 Å². The van der Waals surface area contributed by atoms with Crippen LogP contribution in [0.3, 0.4) is 0 Å². The first-order valence-electron chi connectivity index (χ1n) is 6.87. The largest absolute Gasteiger partial charge is 0.286 e. The topological polar surface area (TPSA) is 27.0 Å². The molecule has 0 saturated heterocycles. The zero-order valence-corrected chi connectivity index (χ0v) is 12.4. The van der Waals surface area contributed by atoms with Gasteiger partial charge in [-0.1, -0.05) is 41.5 Å². The van der Waals surface area contributed by atoms with E-state index in [1.807, 2.05) is 0 Å². The predicted octanol–water partition coefficient (Wildman–Crippen LogP) is 3.83. The lowest BCUT2D eigenvalue weighted by atomic mass is 9.58. The van der Waals surface area contributed by atoms with E-state index in [-0.39, 0.29) is 16.4 Å². The fourth-order valence-corrected chi connectivity index (χ4v) is 4.27. The Morgan fingerprint density at radius 3 is 1.65 bits per heavy atom. The molecular weight excluding hydrogens is 208 g/mol. The first-order valence-corrected chi connectivity index (χ1v) is 6.87. The second-order valence-electron chi connectivity index (χ2n) is 7.17. The SMILES string of the molecule is CCN(CC)C1(C#N)CC(C)(C)CC(C)(C)C1. The van der Waals surface area contributed by atoms with Crippen molar-refractivity contribution in [1.29, 1.82) is 5.26 Å². The minimum absolute atomic E-state index is 0.255. The highest BCUT2D eigenvalue weighted by molar-refractivity contribution is 5.15. The number of nitrogens with zero attached hydrogens (tertiary/aromatic N) is 2. The van der Waals surface area contributed by atoms with Crippen LogP contribution < -0.4 is 0 Å². The third-order valence-electron chi connectivity index (χ3n) is 4.08. The molecule has 1 rings (SSSR count). The van der Waals surface area contributed by atoms with Crippen molar-refractivity contribution in [1.82, 2.24) is 4.90 Å². The van der Waals surface area contributed by atoms with Gasteiger partial charge in [-0.25, -0.2) is 0 Å². The predicted molar refractivity (Wildman–Crippen MR) is 72.7 cm³/mol. The van der Waals surface area contributed by atoms with Crippen molar-refractivity contribution in [2.45, 2.75) is 66.3 Å². The number of nitriles is 1. The van der Waals surface area contributed by atoms with Gasteiger partial charge >= 0.3 is 0 Å². The maximum Gasteiger partial charge on any atom is 0.110 e. The van der Waals surface area contributed by atoms with Crippen LogP contribution in [0.4, 0.5) is 0 Å². The Balaban J connectivity index is 3.11. The van der Waals surface area contributed by atoms with Crippen molar-refractivity contribution in [3.05, 3.63) is 0 Å². The molecule has 0 unspecified atom stereocenters. The van der Waals surface area contributed by atoms with Gasteiger partial charge in [0, 0.05) is 0 Å². The molecule has 1 saturated carbocycles. The van der Waals surface area contributed by atoms with Crippen LogP contribution in [-0.2, 0) is 0 Å². The Kier molecular flexibility index (Phi) is 3.94. The Morgan fingerprint density at radius 2 is 1.35 bits per heavy atom. The Hall–Kier alpha value is -0.550. The summed E-state index contributed by atoms with van der Waals surface area (Å²) in [4.78, 5) is 2.36. The smallest absolute Gasteiger partial charge is 0.110 e. The van der Waals surface area contributed by atoms with Crippen LogP contribution in [-0.4, -0.2) is 23.5 Å². The summed E-state index contributed by atoms with van der Waals surface area (Å²) >= 11 is 0. The van der Waals surface area contributed by atoms with E-state index >= 15 is 0 Å². The average Bonchev–Trinajstić information content (AvgIpc) is 2.14. The molecular formula is C15H28N2. The summed E-state index contributed by atoms with van der Waals surface area (Å²) in [5.74, 6) is 0. The van der Waals surface area contributed by atoms with Crippen LogP contribution in [0.15, 0.2) is 0 Å². The van der Waals surface area contributed by atoms with E-state index in [4.69, 9.17) is 0 Å². The summed E-state index contributed by atoms with van der Waals surface area (Å²) in [7, 11) is 0. The van der Waals surface area contributed by atoms with Crippen molar-refractivity contribution in [2.24, 2.45) is 10.8 Å². The molecule has 17 heavy (non-hydrogen) atoms. The van der Waals surface area contributed by atoms with Crippen LogP contribution in [0.25, 0.3) is 0 Å². The van der Waals surface area contributed by atoms with Crippen molar-refractivity contribution in [2.75, 3.05) is 13.1 Å². The van der Waals surface area contributed by atoms with Gasteiger partial charge in [0.05, 0.1) is 6.07 Å². The van der Waals surface area contributed by atoms with Crippen molar-refractivity contribution in [3.63, 3.8) is 0 Å². The Morgan fingerprint density at radius 1 is 0.941 bits per heavy atom. The molecule has 0 amide bonds. The summed E-state index contributed by atoms with van der Waals surface area (Å²) in [6, 6.07) is 2.66. The summed E-state index contributed by atoms with van der Waals surface area (Å²) in [5, 5.41) is 9.75. The van der Waals surface area contributed by atoms with Crippen LogP contribution in [0.2, 0.25) is 0 Å². The molecule has 0 bridgehead atoms. The molecule has 0 heterocycles. The third kappa shape index (κ3) is 3.01. The fourth-order valence-electron chi connectivity index (χ4n) is 4.27. The lowest BCUT2D eigenvalue weighted by Crippen LogP contribution is -2.56. The van der Waals surface area contributed by atoms with Gasteiger partial charge in [-0.15, -0.1) is 0 Å². The van der Waals surface area contributed by atoms with E-state index in [9.17, 15) is 5.26 Å². The molecule has 0 aromatic heterocycles. The summed E-state index contributed by atoms with van der Waals surface area (Å²) in [6.07, 6.45) is 3.22. The molecule has 0 aromatic rings. The van der Waals surface area contributed by atoms with Crippen molar-refractivity contribution >= 4 is 0 Å². The second kappa shape index (κ2) is 4.61. The monoisotopic (exact) mass is 236 g/mol. The van der Waals surface area contributed by atoms with Crippen LogP contribution in [0.5, 0.6) is 0 Å². The van der Waals surface area contributed by atoms with Crippen LogP contribution in [0, 0.1) is 22.2 Å². The molecule has 2 nitrogen and oxygen atoms in total. The lowest BCUT2D eigenvalue weighted by molar-refractivity contribution is -0.0115. The number of hydrogen-bond acceptors (Lipinski definition) is 2. The molecule has 0 aliphatic heterocycles. The molecule has 2 heteroatoms. The third-order valence-corrected chi connectivity index (χ3v) is 4.08. The highest BCUT2D eigenvalue weighted by Crippen LogP contribution is 2.51. The van der Waals surface area contributed by atoms with Gasteiger partial charge in [0.1, 0.15) is 5.54 Å². The average molecular weight is 236 g/mol. The molecule has 0 atom stereocenters. The maximum absolute atomic E-state index is 9.75. The molecule has 1 fully saturated rings. The number of rotatable bonds is 3. The Bertz CT molecular complexity index is 289. The first kappa shape index (κ1) is 14.5. The van der Waals surface area contributed by atoms with Gasteiger partial charge < -0.3 is 0 Å². The molecule has 98 valence electrons. The van der Waals surface area contributed by atoms with Crippen molar-refractivity contribution in [3.8, 4) is 6.07 Å². The van der Waals surface area contributed by atoms with E-state index in [1.54, 1.807) is 0 Å². The molecule has 0 radical (unpaired) electrons. The van der Waals surface area contributed by atoms with Gasteiger partial charge in [0.25, 0.3) is 0 Å². The van der Waals surface area contributed by atoms with E-state index in [1.165, 1.54) is 6.42 Å². The highest BCUT2D eigenvalue weighted by atomic mass is 15.2. The standard InChI is InChI=1S/C15H28N2/c1-7-17(8-2)15(12-16)10-13(3,4)9-14(5,6)11-15/h7-11H2,1-6H3. The van der Waals surface area contributed by atoms with Crippen molar-refractivity contribution < 1.29 is 0 Å². The molecule has 0 aromatic carbocycles. The van der Waals surface area contributed by atoms with Crippen LogP contribution >= 0.6 is 0 Å². The second-order valence-corrected chi connectivity index (χ2v) is 7.17. The highest BCUT2D eigenvalue weighted by Gasteiger charge is 2.50. The zero-order valence-electron chi connectivity index (χ0n) is 12.4. The molecule has 0 spiro atoms. The van der Waals surface area contributed by atoms with Crippen LogP contribution in [0.1, 0.15) is 60.8 Å². The van der Waals surface area contributed by atoms with Gasteiger partial charge in [-0.3, -0.25) is 4.90 Å². The molecule has 1 aliphatic carbocycles. The van der Waals surface area contributed by atoms with E-state index in [2.05, 4.69) is 52.5 Å². The zero-order chi connectivity index (χ0) is 13.3.